The molecule has 94 valence electrons. The number of hydrogen-bond donors (Lipinski definition) is 2. The van der Waals surface area contributed by atoms with Crippen LogP contribution < -0.4 is 11.1 Å². The molecule has 1 saturated carbocycles. The molecule has 3 N–H and O–H groups in total. The minimum absolute atomic E-state index is 0.0540. The summed E-state index contributed by atoms with van der Waals surface area (Å²) in [5.41, 5.74) is 5.97. The van der Waals surface area contributed by atoms with E-state index in [1.165, 1.54) is 6.42 Å². The SMILES string of the molecule is CSC(C)CCNC(=O)C1CCCCC1N. The maximum atomic E-state index is 11.9. The molecule has 0 radical (unpaired) electrons. The van der Waals surface area contributed by atoms with E-state index in [1.807, 2.05) is 11.8 Å². The molecule has 1 fully saturated rings. The average molecular weight is 244 g/mol. The van der Waals surface area contributed by atoms with Crippen molar-refractivity contribution in [1.29, 1.82) is 0 Å². The Hall–Kier alpha value is -0.220. The molecule has 0 aromatic heterocycles. The summed E-state index contributed by atoms with van der Waals surface area (Å²) in [6.45, 7) is 2.97. The third-order valence-corrected chi connectivity index (χ3v) is 4.45. The molecule has 3 unspecified atom stereocenters. The smallest absolute Gasteiger partial charge is 0.224 e. The van der Waals surface area contributed by atoms with Gasteiger partial charge in [-0.25, -0.2) is 0 Å². The fraction of sp³-hybridized carbons (Fsp3) is 0.917. The van der Waals surface area contributed by atoms with E-state index in [4.69, 9.17) is 5.73 Å². The first-order valence-electron chi connectivity index (χ1n) is 6.21. The average Bonchev–Trinajstić information content (AvgIpc) is 2.29. The van der Waals surface area contributed by atoms with Crippen LogP contribution in [0.25, 0.3) is 0 Å². The van der Waals surface area contributed by atoms with Gasteiger partial charge in [-0.05, 0) is 25.5 Å². The second-order valence-corrected chi connectivity index (χ2v) is 5.96. The van der Waals surface area contributed by atoms with Crippen molar-refractivity contribution in [3.05, 3.63) is 0 Å². The molecule has 1 rings (SSSR count). The molecule has 16 heavy (non-hydrogen) atoms. The van der Waals surface area contributed by atoms with Crippen molar-refractivity contribution in [2.45, 2.75) is 50.3 Å². The Kier molecular flexibility index (Phi) is 6.21. The lowest BCUT2D eigenvalue weighted by Crippen LogP contribution is -2.44. The summed E-state index contributed by atoms with van der Waals surface area (Å²) < 4.78 is 0. The highest BCUT2D eigenvalue weighted by Gasteiger charge is 2.27. The highest BCUT2D eigenvalue weighted by Crippen LogP contribution is 2.23. The van der Waals surface area contributed by atoms with E-state index in [9.17, 15) is 4.79 Å². The van der Waals surface area contributed by atoms with Crippen LogP contribution in [0.1, 0.15) is 39.0 Å². The largest absolute Gasteiger partial charge is 0.356 e. The molecule has 3 atom stereocenters. The molecule has 0 heterocycles. The summed E-state index contributed by atoms with van der Waals surface area (Å²) in [5, 5.41) is 3.63. The van der Waals surface area contributed by atoms with Crippen LogP contribution in [0, 0.1) is 5.92 Å². The van der Waals surface area contributed by atoms with Crippen LogP contribution in [0.15, 0.2) is 0 Å². The van der Waals surface area contributed by atoms with Gasteiger partial charge in [-0.2, -0.15) is 11.8 Å². The number of nitrogens with one attached hydrogen (secondary N) is 1. The number of carbonyl (C=O) groups is 1. The monoisotopic (exact) mass is 244 g/mol. The van der Waals surface area contributed by atoms with E-state index in [-0.39, 0.29) is 17.9 Å². The first-order chi connectivity index (χ1) is 7.65. The van der Waals surface area contributed by atoms with E-state index < -0.39 is 0 Å². The van der Waals surface area contributed by atoms with E-state index in [1.54, 1.807) is 0 Å². The summed E-state index contributed by atoms with van der Waals surface area (Å²) in [6.07, 6.45) is 7.42. The van der Waals surface area contributed by atoms with Gasteiger partial charge in [0.2, 0.25) is 5.91 Å². The van der Waals surface area contributed by atoms with Crippen LogP contribution in [0.2, 0.25) is 0 Å². The van der Waals surface area contributed by atoms with Gasteiger partial charge >= 0.3 is 0 Å². The molecule has 3 nitrogen and oxygen atoms in total. The van der Waals surface area contributed by atoms with Crippen molar-refractivity contribution < 1.29 is 4.79 Å². The minimum atomic E-state index is 0.0540. The molecular weight excluding hydrogens is 220 g/mol. The third-order valence-electron chi connectivity index (χ3n) is 3.41. The molecule has 0 aromatic carbocycles. The van der Waals surface area contributed by atoms with Crippen molar-refractivity contribution in [3.63, 3.8) is 0 Å². The van der Waals surface area contributed by atoms with Crippen molar-refractivity contribution >= 4 is 17.7 Å². The molecule has 0 spiro atoms. The summed E-state index contributed by atoms with van der Waals surface area (Å²) in [6, 6.07) is 0.0757. The first-order valence-corrected chi connectivity index (χ1v) is 7.50. The number of thioether (sulfide) groups is 1. The third kappa shape index (κ3) is 4.34. The zero-order chi connectivity index (χ0) is 12.0. The van der Waals surface area contributed by atoms with Gasteiger partial charge in [-0.15, -0.1) is 0 Å². The van der Waals surface area contributed by atoms with Gasteiger partial charge in [-0.1, -0.05) is 19.8 Å². The Labute approximate surface area is 103 Å². The number of carbonyl (C=O) groups excluding carboxylic acids is 1. The summed E-state index contributed by atoms with van der Waals surface area (Å²) in [7, 11) is 0. The second-order valence-electron chi connectivity index (χ2n) is 4.68. The van der Waals surface area contributed by atoms with Gasteiger partial charge in [0, 0.05) is 17.8 Å². The zero-order valence-corrected chi connectivity index (χ0v) is 11.2. The Bertz CT molecular complexity index is 223. The van der Waals surface area contributed by atoms with Crippen molar-refractivity contribution in [3.8, 4) is 0 Å². The Morgan fingerprint density at radius 2 is 2.19 bits per heavy atom. The molecule has 0 aromatic rings. The lowest BCUT2D eigenvalue weighted by atomic mass is 9.84. The van der Waals surface area contributed by atoms with Crippen LogP contribution >= 0.6 is 11.8 Å². The van der Waals surface area contributed by atoms with Crippen LogP contribution in [0.3, 0.4) is 0 Å². The molecular formula is C12H24N2OS. The normalized spacial score (nSPS) is 27.4. The fourth-order valence-electron chi connectivity index (χ4n) is 2.13. The summed E-state index contributed by atoms with van der Waals surface area (Å²) >= 11 is 1.84. The lowest BCUT2D eigenvalue weighted by Gasteiger charge is -2.27. The Balaban J connectivity index is 2.23. The second kappa shape index (κ2) is 7.17. The van der Waals surface area contributed by atoms with Crippen molar-refractivity contribution in [2.75, 3.05) is 12.8 Å². The van der Waals surface area contributed by atoms with E-state index in [2.05, 4.69) is 18.5 Å². The first kappa shape index (κ1) is 13.8. The highest BCUT2D eigenvalue weighted by atomic mass is 32.2. The molecule has 1 amide bonds. The maximum absolute atomic E-state index is 11.9. The van der Waals surface area contributed by atoms with Gasteiger partial charge in [0.25, 0.3) is 0 Å². The summed E-state index contributed by atoms with van der Waals surface area (Å²) in [5.74, 6) is 0.221. The molecule has 4 heteroatoms. The molecule has 0 bridgehead atoms. The summed E-state index contributed by atoms with van der Waals surface area (Å²) in [4.78, 5) is 11.9. The standard InChI is InChI=1S/C12H24N2OS/c1-9(16-2)7-8-14-12(15)10-5-3-4-6-11(10)13/h9-11H,3-8,13H2,1-2H3,(H,14,15). The zero-order valence-electron chi connectivity index (χ0n) is 10.4. The number of rotatable bonds is 5. The van der Waals surface area contributed by atoms with E-state index in [0.717, 1.165) is 32.2 Å². The fourth-order valence-corrected chi connectivity index (χ4v) is 2.49. The topological polar surface area (TPSA) is 55.1 Å². The number of amides is 1. The number of hydrogen-bond acceptors (Lipinski definition) is 3. The predicted molar refractivity (Wildman–Crippen MR) is 70.5 cm³/mol. The Morgan fingerprint density at radius 1 is 1.50 bits per heavy atom. The van der Waals surface area contributed by atoms with E-state index in [0.29, 0.717) is 5.25 Å². The molecule has 1 aliphatic rings. The predicted octanol–water partition coefficient (Wildman–Crippen LogP) is 1.76. The van der Waals surface area contributed by atoms with Crippen LogP contribution in [0.5, 0.6) is 0 Å². The quantitative estimate of drug-likeness (QED) is 0.775. The van der Waals surface area contributed by atoms with Crippen molar-refractivity contribution in [1.82, 2.24) is 5.32 Å². The van der Waals surface area contributed by atoms with Crippen LogP contribution in [-0.2, 0) is 4.79 Å². The maximum Gasteiger partial charge on any atom is 0.224 e. The van der Waals surface area contributed by atoms with Crippen LogP contribution in [0.4, 0.5) is 0 Å². The highest BCUT2D eigenvalue weighted by molar-refractivity contribution is 7.99. The molecule has 0 saturated heterocycles. The van der Waals surface area contributed by atoms with Gasteiger partial charge in [-0.3, -0.25) is 4.79 Å². The van der Waals surface area contributed by atoms with Crippen molar-refractivity contribution in [2.24, 2.45) is 11.7 Å². The number of nitrogens with two attached hydrogens (primary N) is 1. The minimum Gasteiger partial charge on any atom is -0.356 e. The molecule has 1 aliphatic carbocycles. The van der Waals surface area contributed by atoms with Gasteiger partial charge in [0.05, 0.1) is 5.92 Å². The van der Waals surface area contributed by atoms with Gasteiger partial charge in [0.15, 0.2) is 0 Å². The van der Waals surface area contributed by atoms with Crippen LogP contribution in [-0.4, -0.2) is 30.0 Å². The van der Waals surface area contributed by atoms with Gasteiger partial charge in [0.1, 0.15) is 0 Å². The lowest BCUT2D eigenvalue weighted by molar-refractivity contribution is -0.126. The van der Waals surface area contributed by atoms with E-state index >= 15 is 0 Å². The Morgan fingerprint density at radius 3 is 2.81 bits per heavy atom. The van der Waals surface area contributed by atoms with Gasteiger partial charge < -0.3 is 11.1 Å². The molecule has 0 aliphatic heterocycles.